The third kappa shape index (κ3) is 5.36. The van der Waals surface area contributed by atoms with Crippen LogP contribution in [0.15, 0.2) is 48.7 Å². The van der Waals surface area contributed by atoms with Gasteiger partial charge in [-0.3, -0.25) is 14.7 Å². The maximum Gasteiger partial charge on any atom is 0.226 e. The number of carbonyl (C=O) groups is 1. The molecule has 1 saturated heterocycles. The highest BCUT2D eigenvalue weighted by atomic mass is 19.1. The van der Waals surface area contributed by atoms with Crippen molar-refractivity contribution in [2.75, 3.05) is 19.6 Å². The summed E-state index contributed by atoms with van der Waals surface area (Å²) >= 11 is 0. The Balaban J connectivity index is 1.45. The molecule has 3 rings (SSSR count). The van der Waals surface area contributed by atoms with Gasteiger partial charge < -0.3 is 5.32 Å². The van der Waals surface area contributed by atoms with Gasteiger partial charge in [0.1, 0.15) is 5.82 Å². The van der Waals surface area contributed by atoms with Gasteiger partial charge in [-0.25, -0.2) is 4.39 Å². The van der Waals surface area contributed by atoms with Crippen LogP contribution < -0.4 is 5.32 Å². The number of halogens is 1. The molecular weight excluding hydrogens is 317 g/mol. The van der Waals surface area contributed by atoms with Gasteiger partial charge in [-0.1, -0.05) is 24.3 Å². The zero-order valence-corrected chi connectivity index (χ0v) is 14.3. The van der Waals surface area contributed by atoms with Gasteiger partial charge in [0, 0.05) is 37.1 Å². The maximum atomic E-state index is 13.8. The number of amides is 1. The number of nitrogens with one attached hydrogen (secondary N) is 1. The maximum absolute atomic E-state index is 13.8. The van der Waals surface area contributed by atoms with Gasteiger partial charge in [0.25, 0.3) is 0 Å². The summed E-state index contributed by atoms with van der Waals surface area (Å²) in [5.74, 6) is 0.270. The van der Waals surface area contributed by atoms with E-state index in [4.69, 9.17) is 0 Å². The van der Waals surface area contributed by atoms with Crippen molar-refractivity contribution in [3.8, 4) is 0 Å². The summed E-state index contributed by atoms with van der Waals surface area (Å²) in [7, 11) is 0. The highest BCUT2D eigenvalue weighted by molar-refractivity contribution is 5.78. The summed E-state index contributed by atoms with van der Waals surface area (Å²) in [4.78, 5) is 18.5. The third-order valence-corrected chi connectivity index (χ3v) is 4.61. The molecule has 2 heterocycles. The molecular formula is C20H24FN3O. The number of nitrogens with zero attached hydrogens (tertiary/aromatic N) is 2. The number of pyridine rings is 1. The van der Waals surface area contributed by atoms with Gasteiger partial charge in [-0.2, -0.15) is 0 Å². The van der Waals surface area contributed by atoms with E-state index in [1.54, 1.807) is 12.3 Å². The zero-order chi connectivity index (χ0) is 17.5. The number of carbonyl (C=O) groups excluding carboxylic acids is 1. The Morgan fingerprint density at radius 3 is 2.88 bits per heavy atom. The number of hydrogen-bond acceptors (Lipinski definition) is 3. The van der Waals surface area contributed by atoms with Crippen molar-refractivity contribution in [3.63, 3.8) is 0 Å². The minimum Gasteiger partial charge on any atom is -0.355 e. The molecule has 0 spiro atoms. The largest absolute Gasteiger partial charge is 0.355 e. The fourth-order valence-electron chi connectivity index (χ4n) is 3.32. The standard InChI is InChI=1S/C20H24FN3O/c21-19-9-2-1-7-17(19)15-24-11-5-6-16(14-24)13-23-20(25)12-18-8-3-4-10-22-18/h1-4,7-10,16H,5-6,11-15H2,(H,23,25). The van der Waals surface area contributed by atoms with Gasteiger partial charge in [0.15, 0.2) is 0 Å². The SMILES string of the molecule is O=C(Cc1ccccn1)NCC1CCCN(Cc2ccccc2F)C1. The molecule has 0 bridgehead atoms. The van der Waals surface area contributed by atoms with Gasteiger partial charge >= 0.3 is 0 Å². The number of aromatic nitrogens is 1. The van der Waals surface area contributed by atoms with Crippen LogP contribution in [0.3, 0.4) is 0 Å². The minimum atomic E-state index is -0.145. The van der Waals surface area contributed by atoms with E-state index in [1.807, 2.05) is 30.3 Å². The lowest BCUT2D eigenvalue weighted by Crippen LogP contribution is -2.41. The van der Waals surface area contributed by atoms with Crippen molar-refractivity contribution in [1.29, 1.82) is 0 Å². The number of hydrogen-bond donors (Lipinski definition) is 1. The van der Waals surface area contributed by atoms with Crippen molar-refractivity contribution in [2.24, 2.45) is 5.92 Å². The molecule has 1 fully saturated rings. The Hall–Kier alpha value is -2.27. The van der Waals surface area contributed by atoms with Crippen molar-refractivity contribution >= 4 is 5.91 Å². The normalized spacial score (nSPS) is 18.0. The van der Waals surface area contributed by atoms with E-state index in [0.29, 0.717) is 25.4 Å². The first-order chi connectivity index (χ1) is 12.2. The van der Waals surface area contributed by atoms with Crippen molar-refractivity contribution in [1.82, 2.24) is 15.2 Å². The Morgan fingerprint density at radius 2 is 2.08 bits per heavy atom. The van der Waals surface area contributed by atoms with E-state index in [-0.39, 0.29) is 11.7 Å². The molecule has 1 aromatic carbocycles. The molecule has 1 unspecified atom stereocenters. The first kappa shape index (κ1) is 17.5. The highest BCUT2D eigenvalue weighted by Gasteiger charge is 2.21. The van der Waals surface area contributed by atoms with Crippen LogP contribution in [-0.4, -0.2) is 35.4 Å². The van der Waals surface area contributed by atoms with E-state index in [1.165, 1.54) is 6.07 Å². The second kappa shape index (κ2) is 8.72. The van der Waals surface area contributed by atoms with E-state index in [0.717, 1.165) is 37.2 Å². The second-order valence-electron chi connectivity index (χ2n) is 6.64. The average Bonchev–Trinajstić information content (AvgIpc) is 2.63. The van der Waals surface area contributed by atoms with E-state index < -0.39 is 0 Å². The molecule has 5 heteroatoms. The molecule has 132 valence electrons. The van der Waals surface area contributed by atoms with Gasteiger partial charge in [-0.15, -0.1) is 0 Å². The summed E-state index contributed by atoms with van der Waals surface area (Å²) in [6.45, 7) is 3.16. The summed E-state index contributed by atoms with van der Waals surface area (Å²) in [6, 6.07) is 12.5. The summed E-state index contributed by atoms with van der Waals surface area (Å²) < 4.78 is 13.8. The number of rotatable bonds is 6. The lowest BCUT2D eigenvalue weighted by molar-refractivity contribution is -0.120. The van der Waals surface area contributed by atoms with E-state index >= 15 is 0 Å². The summed E-state index contributed by atoms with van der Waals surface area (Å²) in [5.41, 5.74) is 1.52. The lowest BCUT2D eigenvalue weighted by atomic mass is 9.97. The van der Waals surface area contributed by atoms with Crippen LogP contribution in [0.1, 0.15) is 24.1 Å². The van der Waals surface area contributed by atoms with Gasteiger partial charge in [0.05, 0.1) is 6.42 Å². The Kier molecular flexibility index (Phi) is 6.12. The molecule has 0 radical (unpaired) electrons. The first-order valence-electron chi connectivity index (χ1n) is 8.83. The molecule has 1 aliphatic heterocycles. The number of likely N-dealkylation sites (tertiary alicyclic amines) is 1. The smallest absolute Gasteiger partial charge is 0.226 e. The summed E-state index contributed by atoms with van der Waals surface area (Å²) in [6.07, 6.45) is 4.18. The van der Waals surface area contributed by atoms with E-state index in [9.17, 15) is 9.18 Å². The fourth-order valence-corrected chi connectivity index (χ4v) is 3.32. The molecule has 4 nitrogen and oxygen atoms in total. The van der Waals surface area contributed by atoms with Crippen LogP contribution in [-0.2, 0) is 17.8 Å². The monoisotopic (exact) mass is 341 g/mol. The van der Waals surface area contributed by atoms with Crippen molar-refractivity contribution < 1.29 is 9.18 Å². The Morgan fingerprint density at radius 1 is 1.24 bits per heavy atom. The van der Waals surface area contributed by atoms with Crippen LogP contribution in [0.2, 0.25) is 0 Å². The topological polar surface area (TPSA) is 45.2 Å². The highest BCUT2D eigenvalue weighted by Crippen LogP contribution is 2.19. The molecule has 25 heavy (non-hydrogen) atoms. The third-order valence-electron chi connectivity index (χ3n) is 4.61. The molecule has 0 aliphatic carbocycles. The number of benzene rings is 1. The predicted molar refractivity (Wildman–Crippen MR) is 95.4 cm³/mol. The molecule has 1 N–H and O–H groups in total. The second-order valence-corrected chi connectivity index (χ2v) is 6.64. The quantitative estimate of drug-likeness (QED) is 0.879. The van der Waals surface area contributed by atoms with Gasteiger partial charge in [0.2, 0.25) is 5.91 Å². The van der Waals surface area contributed by atoms with E-state index in [2.05, 4.69) is 15.2 Å². The van der Waals surface area contributed by atoms with Crippen molar-refractivity contribution in [2.45, 2.75) is 25.8 Å². The predicted octanol–water partition coefficient (Wildman–Crippen LogP) is 2.79. The Labute approximate surface area is 148 Å². The average molecular weight is 341 g/mol. The van der Waals surface area contributed by atoms with Crippen LogP contribution in [0, 0.1) is 11.7 Å². The summed E-state index contributed by atoms with van der Waals surface area (Å²) in [5, 5.41) is 3.02. The van der Waals surface area contributed by atoms with Crippen molar-refractivity contribution in [3.05, 3.63) is 65.7 Å². The molecule has 1 aromatic heterocycles. The number of piperidine rings is 1. The van der Waals surface area contributed by atoms with Crippen LogP contribution in [0.5, 0.6) is 0 Å². The first-order valence-corrected chi connectivity index (χ1v) is 8.83. The lowest BCUT2D eigenvalue weighted by Gasteiger charge is -2.32. The Bertz CT molecular complexity index is 692. The molecule has 1 amide bonds. The molecule has 2 aromatic rings. The van der Waals surface area contributed by atoms with Crippen LogP contribution >= 0.6 is 0 Å². The van der Waals surface area contributed by atoms with Crippen LogP contribution in [0.4, 0.5) is 4.39 Å². The van der Waals surface area contributed by atoms with Gasteiger partial charge in [-0.05, 0) is 43.5 Å². The fraction of sp³-hybridized carbons (Fsp3) is 0.400. The zero-order valence-electron chi connectivity index (χ0n) is 14.3. The molecule has 1 atom stereocenters. The molecule has 1 aliphatic rings. The minimum absolute atomic E-state index is 0.00456. The molecule has 0 saturated carbocycles. The van der Waals surface area contributed by atoms with Crippen LogP contribution in [0.25, 0.3) is 0 Å².